The van der Waals surface area contributed by atoms with Gasteiger partial charge in [0.15, 0.2) is 0 Å². The van der Waals surface area contributed by atoms with Crippen molar-refractivity contribution < 1.29 is 4.79 Å². The molecular weight excluding hydrogens is 366 g/mol. The highest BCUT2D eigenvalue weighted by atomic mass is 16.2. The monoisotopic (exact) mass is 391 g/mol. The van der Waals surface area contributed by atoms with E-state index < -0.39 is 0 Å². The molecule has 0 saturated carbocycles. The second-order valence-electron chi connectivity index (χ2n) is 7.37. The van der Waals surface area contributed by atoms with Crippen LogP contribution in [0.5, 0.6) is 0 Å². The van der Waals surface area contributed by atoms with Crippen molar-refractivity contribution >= 4 is 16.8 Å². The zero-order valence-electron chi connectivity index (χ0n) is 16.3. The van der Waals surface area contributed by atoms with E-state index in [0.29, 0.717) is 17.4 Å². The SMILES string of the molecule is O=C(Cn1cnc2ccccc2c1=O)N(Cc1ccccn1)C1CCCNCC1. The first-order valence-electron chi connectivity index (χ1n) is 10.1. The van der Waals surface area contributed by atoms with Crippen LogP contribution in [-0.2, 0) is 17.9 Å². The van der Waals surface area contributed by atoms with E-state index in [2.05, 4.69) is 15.3 Å². The van der Waals surface area contributed by atoms with E-state index in [1.54, 1.807) is 18.3 Å². The number of aromatic nitrogens is 3. The van der Waals surface area contributed by atoms with Gasteiger partial charge in [-0.2, -0.15) is 0 Å². The Balaban J connectivity index is 1.60. The van der Waals surface area contributed by atoms with Crippen molar-refractivity contribution in [2.24, 2.45) is 0 Å². The van der Waals surface area contributed by atoms with Crippen LogP contribution >= 0.6 is 0 Å². The minimum atomic E-state index is -0.190. The molecule has 29 heavy (non-hydrogen) atoms. The van der Waals surface area contributed by atoms with Gasteiger partial charge < -0.3 is 10.2 Å². The van der Waals surface area contributed by atoms with E-state index in [1.165, 1.54) is 10.9 Å². The van der Waals surface area contributed by atoms with Crippen molar-refractivity contribution in [2.45, 2.75) is 38.4 Å². The van der Waals surface area contributed by atoms with Crippen LogP contribution in [-0.4, -0.2) is 44.5 Å². The Labute approximate surface area is 169 Å². The summed E-state index contributed by atoms with van der Waals surface area (Å²) in [5, 5.41) is 3.92. The summed E-state index contributed by atoms with van der Waals surface area (Å²) >= 11 is 0. The van der Waals surface area contributed by atoms with Crippen LogP contribution in [0.1, 0.15) is 25.0 Å². The molecule has 1 aliphatic rings. The molecule has 1 atom stereocenters. The van der Waals surface area contributed by atoms with Gasteiger partial charge in [0, 0.05) is 12.2 Å². The standard InChI is InChI=1S/C22H25N5O2/c28-21(15-26-16-25-20-9-2-1-8-19(20)22(26)29)27(14-17-6-3-4-12-24-17)18-7-5-11-23-13-10-18/h1-4,6,8-9,12,16,18,23H,5,7,10-11,13-15H2. The second kappa shape index (κ2) is 8.96. The number of pyridine rings is 1. The maximum absolute atomic E-state index is 13.3. The lowest BCUT2D eigenvalue weighted by Crippen LogP contribution is -2.43. The zero-order valence-corrected chi connectivity index (χ0v) is 16.3. The van der Waals surface area contributed by atoms with Crippen LogP contribution in [0.25, 0.3) is 10.9 Å². The number of benzene rings is 1. The number of amides is 1. The molecule has 150 valence electrons. The molecule has 1 unspecified atom stereocenters. The number of nitrogens with zero attached hydrogens (tertiary/aromatic N) is 4. The van der Waals surface area contributed by atoms with Gasteiger partial charge in [-0.05, 0) is 56.6 Å². The van der Waals surface area contributed by atoms with Gasteiger partial charge in [0.25, 0.3) is 5.56 Å². The lowest BCUT2D eigenvalue weighted by Gasteiger charge is -2.31. The Bertz CT molecular complexity index is 1030. The summed E-state index contributed by atoms with van der Waals surface area (Å²) < 4.78 is 1.41. The summed E-state index contributed by atoms with van der Waals surface area (Å²) in [6.45, 7) is 2.28. The molecule has 1 aliphatic heterocycles. The van der Waals surface area contributed by atoms with E-state index in [-0.39, 0.29) is 24.1 Å². The van der Waals surface area contributed by atoms with Gasteiger partial charge in [0.2, 0.25) is 5.91 Å². The van der Waals surface area contributed by atoms with Crippen molar-refractivity contribution in [2.75, 3.05) is 13.1 Å². The van der Waals surface area contributed by atoms with Crippen molar-refractivity contribution in [3.05, 3.63) is 71.0 Å². The molecule has 0 radical (unpaired) electrons. The third kappa shape index (κ3) is 4.51. The lowest BCUT2D eigenvalue weighted by molar-refractivity contribution is -0.135. The molecule has 3 heterocycles. The minimum Gasteiger partial charge on any atom is -0.332 e. The first-order valence-corrected chi connectivity index (χ1v) is 10.1. The molecule has 0 spiro atoms. The van der Waals surface area contributed by atoms with Crippen LogP contribution in [0, 0.1) is 0 Å². The quantitative estimate of drug-likeness (QED) is 0.719. The molecule has 0 aliphatic carbocycles. The fourth-order valence-corrected chi connectivity index (χ4v) is 3.85. The maximum atomic E-state index is 13.3. The van der Waals surface area contributed by atoms with Gasteiger partial charge in [-0.3, -0.25) is 19.1 Å². The predicted molar refractivity (Wildman–Crippen MR) is 111 cm³/mol. The van der Waals surface area contributed by atoms with Crippen molar-refractivity contribution in [3.63, 3.8) is 0 Å². The number of fused-ring (bicyclic) bond motifs is 1. The number of hydrogen-bond acceptors (Lipinski definition) is 5. The number of hydrogen-bond donors (Lipinski definition) is 1. The lowest BCUT2D eigenvalue weighted by atomic mass is 10.1. The number of carbonyl (C=O) groups excluding carboxylic acids is 1. The largest absolute Gasteiger partial charge is 0.332 e. The van der Waals surface area contributed by atoms with Crippen molar-refractivity contribution in [1.82, 2.24) is 24.8 Å². The second-order valence-corrected chi connectivity index (χ2v) is 7.37. The average molecular weight is 391 g/mol. The normalized spacial score (nSPS) is 17.0. The third-order valence-electron chi connectivity index (χ3n) is 5.40. The summed E-state index contributed by atoms with van der Waals surface area (Å²) in [7, 11) is 0. The van der Waals surface area contributed by atoms with Gasteiger partial charge in [-0.15, -0.1) is 0 Å². The Morgan fingerprint density at radius 1 is 1.10 bits per heavy atom. The Hall–Kier alpha value is -3.06. The smallest absolute Gasteiger partial charge is 0.261 e. The molecule has 1 amide bonds. The van der Waals surface area contributed by atoms with Crippen LogP contribution in [0.2, 0.25) is 0 Å². The summed E-state index contributed by atoms with van der Waals surface area (Å²) in [6, 6.07) is 13.1. The Kier molecular flexibility index (Phi) is 5.95. The highest BCUT2D eigenvalue weighted by Gasteiger charge is 2.25. The van der Waals surface area contributed by atoms with Gasteiger partial charge in [-0.1, -0.05) is 18.2 Å². The highest BCUT2D eigenvalue weighted by Crippen LogP contribution is 2.17. The van der Waals surface area contributed by atoms with Crippen LogP contribution < -0.4 is 10.9 Å². The fourth-order valence-electron chi connectivity index (χ4n) is 3.85. The maximum Gasteiger partial charge on any atom is 0.261 e. The molecule has 7 nitrogen and oxygen atoms in total. The first-order chi connectivity index (χ1) is 14.2. The number of nitrogens with one attached hydrogen (secondary N) is 1. The van der Waals surface area contributed by atoms with E-state index in [0.717, 1.165) is 38.0 Å². The van der Waals surface area contributed by atoms with Crippen LogP contribution in [0.15, 0.2) is 59.8 Å². The number of rotatable bonds is 5. The average Bonchev–Trinajstić information content (AvgIpc) is 3.04. The third-order valence-corrected chi connectivity index (χ3v) is 5.40. The molecule has 0 bridgehead atoms. The van der Waals surface area contributed by atoms with Crippen molar-refractivity contribution in [3.8, 4) is 0 Å². The number of carbonyl (C=O) groups is 1. The molecule has 1 N–H and O–H groups in total. The highest BCUT2D eigenvalue weighted by molar-refractivity contribution is 5.79. The molecule has 4 rings (SSSR count). The molecule has 1 aromatic carbocycles. The van der Waals surface area contributed by atoms with E-state index in [4.69, 9.17) is 0 Å². The van der Waals surface area contributed by atoms with Gasteiger partial charge in [0.1, 0.15) is 6.54 Å². The van der Waals surface area contributed by atoms with Crippen LogP contribution in [0.4, 0.5) is 0 Å². The molecule has 2 aromatic heterocycles. The summed E-state index contributed by atoms with van der Waals surface area (Å²) in [5.74, 6) is -0.0817. The summed E-state index contributed by atoms with van der Waals surface area (Å²) in [6.07, 6.45) is 6.06. The van der Waals surface area contributed by atoms with E-state index >= 15 is 0 Å². The fraction of sp³-hybridized carbons (Fsp3) is 0.364. The van der Waals surface area contributed by atoms with Crippen LogP contribution in [0.3, 0.4) is 0 Å². The molecule has 1 fully saturated rings. The molecular formula is C22H25N5O2. The molecule has 3 aromatic rings. The predicted octanol–water partition coefficient (Wildman–Crippen LogP) is 1.96. The van der Waals surface area contributed by atoms with Gasteiger partial charge in [-0.25, -0.2) is 4.98 Å². The number of para-hydroxylation sites is 1. The molecule has 1 saturated heterocycles. The Morgan fingerprint density at radius 3 is 2.83 bits per heavy atom. The van der Waals surface area contributed by atoms with E-state index in [1.807, 2.05) is 35.2 Å². The van der Waals surface area contributed by atoms with E-state index in [9.17, 15) is 9.59 Å². The van der Waals surface area contributed by atoms with Crippen molar-refractivity contribution in [1.29, 1.82) is 0 Å². The Morgan fingerprint density at radius 2 is 1.97 bits per heavy atom. The van der Waals surface area contributed by atoms with Gasteiger partial charge >= 0.3 is 0 Å². The summed E-state index contributed by atoms with van der Waals surface area (Å²) in [5.41, 5.74) is 1.30. The topological polar surface area (TPSA) is 80.1 Å². The zero-order chi connectivity index (χ0) is 20.1. The molecule has 7 heteroatoms. The van der Waals surface area contributed by atoms with Gasteiger partial charge in [0.05, 0.1) is 29.5 Å². The first kappa shape index (κ1) is 19.3. The summed E-state index contributed by atoms with van der Waals surface area (Å²) in [4.78, 5) is 36.7. The minimum absolute atomic E-state index is 0.0204.